The number of nitrogens with one attached hydrogen (secondary N) is 1. The summed E-state index contributed by atoms with van der Waals surface area (Å²) in [7, 11) is 0. The summed E-state index contributed by atoms with van der Waals surface area (Å²) in [6, 6.07) is 4.31. The molecule has 1 amide bonds. The van der Waals surface area contributed by atoms with Crippen LogP contribution >= 0.6 is 23.2 Å². The van der Waals surface area contributed by atoms with Crippen LogP contribution in [0.15, 0.2) is 24.3 Å². The van der Waals surface area contributed by atoms with Crippen molar-refractivity contribution in [3.8, 4) is 5.75 Å². The van der Waals surface area contributed by atoms with Crippen molar-refractivity contribution in [1.29, 1.82) is 0 Å². The standard InChI is InChI=1S/C11H6Cl2FN3O2/c12-8-4-9(17-11(13)15-8)16-10(19)6-2-1-5(14)3-7(6)18/h1-4,18H,(H,15,16,17,19). The van der Waals surface area contributed by atoms with Gasteiger partial charge in [0, 0.05) is 12.1 Å². The highest BCUT2D eigenvalue weighted by Gasteiger charge is 2.13. The van der Waals surface area contributed by atoms with Crippen LogP contribution in [-0.2, 0) is 0 Å². The predicted molar refractivity (Wildman–Crippen MR) is 68.1 cm³/mol. The summed E-state index contributed by atoms with van der Waals surface area (Å²) in [6.07, 6.45) is 0. The number of halogens is 3. The van der Waals surface area contributed by atoms with Crippen molar-refractivity contribution in [2.75, 3.05) is 5.32 Å². The van der Waals surface area contributed by atoms with E-state index in [-0.39, 0.29) is 21.8 Å². The van der Waals surface area contributed by atoms with Crippen molar-refractivity contribution in [3.05, 3.63) is 46.1 Å². The molecule has 98 valence electrons. The normalized spacial score (nSPS) is 10.3. The van der Waals surface area contributed by atoms with Crippen LogP contribution in [0.25, 0.3) is 0 Å². The molecule has 2 aromatic rings. The molecule has 8 heteroatoms. The van der Waals surface area contributed by atoms with Gasteiger partial charge >= 0.3 is 0 Å². The van der Waals surface area contributed by atoms with E-state index in [1.807, 2.05) is 0 Å². The number of nitrogens with zero attached hydrogens (tertiary/aromatic N) is 2. The number of amides is 1. The Balaban J connectivity index is 2.25. The Labute approximate surface area is 117 Å². The van der Waals surface area contributed by atoms with Gasteiger partial charge in [-0.3, -0.25) is 4.79 Å². The van der Waals surface area contributed by atoms with E-state index in [1.165, 1.54) is 6.07 Å². The van der Waals surface area contributed by atoms with Crippen LogP contribution in [0.1, 0.15) is 10.4 Å². The molecule has 0 saturated carbocycles. The second-order valence-electron chi connectivity index (χ2n) is 3.46. The number of phenolic OH excluding ortho intramolecular Hbond substituents is 1. The maximum absolute atomic E-state index is 12.8. The summed E-state index contributed by atoms with van der Waals surface area (Å²) >= 11 is 11.2. The number of hydrogen-bond donors (Lipinski definition) is 2. The van der Waals surface area contributed by atoms with Crippen LogP contribution in [0, 0.1) is 5.82 Å². The number of benzene rings is 1. The second-order valence-corrected chi connectivity index (χ2v) is 4.19. The lowest BCUT2D eigenvalue weighted by Crippen LogP contribution is -2.13. The molecular formula is C11H6Cl2FN3O2. The average molecular weight is 302 g/mol. The minimum Gasteiger partial charge on any atom is -0.507 e. The van der Waals surface area contributed by atoms with Crippen LogP contribution < -0.4 is 5.32 Å². The summed E-state index contributed by atoms with van der Waals surface area (Å²) in [6.45, 7) is 0. The molecule has 0 aliphatic rings. The van der Waals surface area contributed by atoms with E-state index in [1.54, 1.807) is 0 Å². The molecule has 1 aromatic carbocycles. The SMILES string of the molecule is O=C(Nc1cc(Cl)nc(Cl)n1)c1ccc(F)cc1O. The number of rotatable bonds is 2. The van der Waals surface area contributed by atoms with Crippen molar-refractivity contribution in [3.63, 3.8) is 0 Å². The minimum absolute atomic E-state index is 0.0543. The van der Waals surface area contributed by atoms with E-state index in [4.69, 9.17) is 23.2 Å². The lowest BCUT2D eigenvalue weighted by atomic mass is 10.2. The van der Waals surface area contributed by atoms with Gasteiger partial charge in [-0.05, 0) is 23.7 Å². The first-order valence-electron chi connectivity index (χ1n) is 4.95. The van der Waals surface area contributed by atoms with Gasteiger partial charge in [0.15, 0.2) is 0 Å². The van der Waals surface area contributed by atoms with E-state index in [9.17, 15) is 14.3 Å². The fraction of sp³-hybridized carbons (Fsp3) is 0. The van der Waals surface area contributed by atoms with Crippen molar-refractivity contribution >= 4 is 34.9 Å². The highest BCUT2D eigenvalue weighted by molar-refractivity contribution is 6.32. The molecule has 5 nitrogen and oxygen atoms in total. The first-order valence-corrected chi connectivity index (χ1v) is 5.71. The molecule has 19 heavy (non-hydrogen) atoms. The minimum atomic E-state index is -0.677. The summed E-state index contributed by atoms with van der Waals surface area (Å²) in [4.78, 5) is 19.2. The summed E-state index contributed by atoms with van der Waals surface area (Å²) in [5.41, 5.74) is -0.104. The molecule has 1 heterocycles. The zero-order valence-corrected chi connectivity index (χ0v) is 10.7. The Hall–Kier alpha value is -1.92. The molecule has 2 N–H and O–H groups in total. The lowest BCUT2D eigenvalue weighted by molar-refractivity contribution is 0.102. The van der Waals surface area contributed by atoms with Crippen molar-refractivity contribution in [2.45, 2.75) is 0 Å². The van der Waals surface area contributed by atoms with Crippen LogP contribution in [-0.4, -0.2) is 21.0 Å². The van der Waals surface area contributed by atoms with Gasteiger partial charge < -0.3 is 10.4 Å². The Kier molecular flexibility index (Phi) is 3.82. The molecular weight excluding hydrogens is 296 g/mol. The largest absolute Gasteiger partial charge is 0.507 e. The van der Waals surface area contributed by atoms with Gasteiger partial charge in [0.25, 0.3) is 5.91 Å². The number of carbonyl (C=O) groups is 1. The van der Waals surface area contributed by atoms with Gasteiger partial charge in [0.1, 0.15) is 22.5 Å². The van der Waals surface area contributed by atoms with Crippen LogP contribution in [0.3, 0.4) is 0 Å². The highest BCUT2D eigenvalue weighted by atomic mass is 35.5. The molecule has 0 unspecified atom stereocenters. The third kappa shape index (κ3) is 3.30. The number of hydrogen-bond acceptors (Lipinski definition) is 4. The number of phenols is 1. The molecule has 2 rings (SSSR count). The summed E-state index contributed by atoms with van der Waals surface area (Å²) in [5.74, 6) is -1.74. The molecule has 0 aliphatic heterocycles. The van der Waals surface area contributed by atoms with Gasteiger partial charge in [-0.15, -0.1) is 0 Å². The van der Waals surface area contributed by atoms with Gasteiger partial charge in [-0.25, -0.2) is 14.4 Å². The third-order valence-electron chi connectivity index (χ3n) is 2.11. The fourth-order valence-electron chi connectivity index (χ4n) is 1.33. The van der Waals surface area contributed by atoms with Crippen molar-refractivity contribution in [1.82, 2.24) is 9.97 Å². The van der Waals surface area contributed by atoms with E-state index >= 15 is 0 Å². The van der Waals surface area contributed by atoms with Gasteiger partial charge in [-0.1, -0.05) is 11.6 Å². The summed E-state index contributed by atoms with van der Waals surface area (Å²) in [5, 5.41) is 11.7. The van der Waals surface area contributed by atoms with E-state index in [0.29, 0.717) is 0 Å². The highest BCUT2D eigenvalue weighted by Crippen LogP contribution is 2.20. The Bertz CT molecular complexity index is 632. The monoisotopic (exact) mass is 301 g/mol. The number of carbonyl (C=O) groups excluding carboxylic acids is 1. The lowest BCUT2D eigenvalue weighted by Gasteiger charge is -2.06. The van der Waals surface area contributed by atoms with Gasteiger partial charge in [0.2, 0.25) is 5.28 Å². The fourth-order valence-corrected chi connectivity index (χ4v) is 1.74. The van der Waals surface area contributed by atoms with Crippen LogP contribution in [0.4, 0.5) is 10.2 Å². The Morgan fingerprint density at radius 2 is 2.00 bits per heavy atom. The van der Waals surface area contributed by atoms with E-state index < -0.39 is 17.5 Å². The van der Waals surface area contributed by atoms with Crippen LogP contribution in [0.2, 0.25) is 10.4 Å². The molecule has 0 aliphatic carbocycles. The zero-order chi connectivity index (χ0) is 14.0. The molecule has 0 atom stereocenters. The molecule has 0 radical (unpaired) electrons. The van der Waals surface area contributed by atoms with Gasteiger partial charge in [0.05, 0.1) is 5.56 Å². The average Bonchev–Trinajstić information content (AvgIpc) is 2.26. The van der Waals surface area contributed by atoms with Crippen LogP contribution in [0.5, 0.6) is 5.75 Å². The topological polar surface area (TPSA) is 75.1 Å². The molecule has 0 spiro atoms. The smallest absolute Gasteiger partial charge is 0.260 e. The third-order valence-corrected chi connectivity index (χ3v) is 2.48. The first-order chi connectivity index (χ1) is 8.95. The van der Waals surface area contributed by atoms with Crippen molar-refractivity contribution in [2.24, 2.45) is 0 Å². The number of anilines is 1. The maximum atomic E-state index is 12.8. The Morgan fingerprint density at radius 1 is 1.26 bits per heavy atom. The molecule has 1 aromatic heterocycles. The molecule has 0 bridgehead atoms. The number of aromatic nitrogens is 2. The molecule has 0 saturated heterocycles. The first kappa shape index (κ1) is 13.5. The molecule has 0 fully saturated rings. The predicted octanol–water partition coefficient (Wildman–Crippen LogP) is 2.88. The quantitative estimate of drug-likeness (QED) is 0.660. The Morgan fingerprint density at radius 3 is 2.63 bits per heavy atom. The van der Waals surface area contributed by atoms with E-state index in [0.717, 1.165) is 18.2 Å². The van der Waals surface area contributed by atoms with Crippen molar-refractivity contribution < 1.29 is 14.3 Å². The van der Waals surface area contributed by atoms with E-state index in [2.05, 4.69) is 15.3 Å². The second kappa shape index (κ2) is 5.38. The van der Waals surface area contributed by atoms with Gasteiger partial charge in [-0.2, -0.15) is 0 Å². The number of aromatic hydroxyl groups is 1. The summed E-state index contributed by atoms with van der Waals surface area (Å²) < 4.78 is 12.8. The maximum Gasteiger partial charge on any atom is 0.260 e. The zero-order valence-electron chi connectivity index (χ0n) is 9.19.